The molecule has 4 heteroatoms. The number of halogens is 1. The van der Waals surface area contributed by atoms with E-state index < -0.39 is 5.97 Å². The third-order valence-electron chi connectivity index (χ3n) is 3.36. The van der Waals surface area contributed by atoms with Gasteiger partial charge in [0.1, 0.15) is 5.82 Å². The Labute approximate surface area is 106 Å². The average Bonchev–Trinajstić information content (AvgIpc) is 2.84. The molecule has 1 aromatic carbocycles. The predicted octanol–water partition coefficient (Wildman–Crippen LogP) is 2.83. The lowest BCUT2D eigenvalue weighted by Crippen LogP contribution is -2.20. The van der Waals surface area contributed by atoms with Crippen molar-refractivity contribution in [2.24, 2.45) is 0 Å². The van der Waals surface area contributed by atoms with Crippen molar-refractivity contribution >= 4 is 11.7 Å². The fourth-order valence-electron chi connectivity index (χ4n) is 2.47. The molecule has 1 fully saturated rings. The molecule has 0 aliphatic carbocycles. The molecule has 0 atom stereocenters. The van der Waals surface area contributed by atoms with Crippen molar-refractivity contribution in [1.82, 2.24) is 0 Å². The minimum absolute atomic E-state index is 0.0910. The van der Waals surface area contributed by atoms with Gasteiger partial charge in [-0.15, -0.1) is 0 Å². The summed E-state index contributed by atoms with van der Waals surface area (Å²) in [6.07, 6.45) is 3.35. The van der Waals surface area contributed by atoms with E-state index in [2.05, 4.69) is 4.90 Å². The molecule has 0 unspecified atom stereocenters. The number of anilines is 1. The molecule has 0 spiro atoms. The zero-order valence-electron chi connectivity index (χ0n) is 10.4. The first-order valence-electron chi connectivity index (χ1n) is 6.42. The zero-order chi connectivity index (χ0) is 13.0. The van der Waals surface area contributed by atoms with Gasteiger partial charge < -0.3 is 10.0 Å². The van der Waals surface area contributed by atoms with Crippen LogP contribution in [0.1, 0.15) is 31.2 Å². The van der Waals surface area contributed by atoms with Crippen molar-refractivity contribution in [3.05, 3.63) is 29.6 Å². The summed E-state index contributed by atoms with van der Waals surface area (Å²) in [4.78, 5) is 12.7. The Hall–Kier alpha value is -1.58. The maximum absolute atomic E-state index is 13.9. The number of aliphatic carboxylic acids is 1. The predicted molar refractivity (Wildman–Crippen MR) is 68.4 cm³/mol. The number of hydrogen-bond donors (Lipinski definition) is 1. The van der Waals surface area contributed by atoms with Crippen LogP contribution >= 0.6 is 0 Å². The van der Waals surface area contributed by atoms with Crippen molar-refractivity contribution in [2.45, 2.75) is 32.1 Å². The van der Waals surface area contributed by atoms with Gasteiger partial charge in [-0.25, -0.2) is 4.39 Å². The maximum atomic E-state index is 13.9. The van der Waals surface area contributed by atoms with E-state index in [9.17, 15) is 9.18 Å². The molecular formula is C14H18FNO2. The summed E-state index contributed by atoms with van der Waals surface area (Å²) in [5.41, 5.74) is 1.61. The average molecular weight is 251 g/mol. The van der Waals surface area contributed by atoms with Gasteiger partial charge in [0.15, 0.2) is 0 Å². The largest absolute Gasteiger partial charge is 0.481 e. The van der Waals surface area contributed by atoms with Crippen LogP contribution in [0.3, 0.4) is 0 Å². The summed E-state index contributed by atoms with van der Waals surface area (Å²) in [5.74, 6) is -1.04. The van der Waals surface area contributed by atoms with Crippen molar-refractivity contribution in [2.75, 3.05) is 18.0 Å². The van der Waals surface area contributed by atoms with E-state index in [0.29, 0.717) is 18.4 Å². The molecule has 1 N–H and O–H groups in total. The topological polar surface area (TPSA) is 40.5 Å². The molecule has 18 heavy (non-hydrogen) atoms. The Morgan fingerprint density at radius 1 is 1.33 bits per heavy atom. The standard InChI is InChI=1S/C14H18FNO2/c15-12-6-4-7-13(16-9-1-2-10-16)11(12)5-3-8-14(17)18/h4,6-7H,1-3,5,8-10H2,(H,17,18). The van der Waals surface area contributed by atoms with Gasteiger partial charge in [-0.1, -0.05) is 6.07 Å². The van der Waals surface area contributed by atoms with Crippen molar-refractivity contribution in [1.29, 1.82) is 0 Å². The van der Waals surface area contributed by atoms with E-state index in [1.165, 1.54) is 6.07 Å². The summed E-state index contributed by atoms with van der Waals surface area (Å²) in [6, 6.07) is 5.11. The van der Waals surface area contributed by atoms with Crippen LogP contribution in [0.5, 0.6) is 0 Å². The van der Waals surface area contributed by atoms with Gasteiger partial charge in [0.05, 0.1) is 0 Å². The van der Waals surface area contributed by atoms with Crippen LogP contribution < -0.4 is 4.90 Å². The lowest BCUT2D eigenvalue weighted by Gasteiger charge is -2.21. The third-order valence-corrected chi connectivity index (χ3v) is 3.36. The smallest absolute Gasteiger partial charge is 0.303 e. The highest BCUT2D eigenvalue weighted by molar-refractivity contribution is 5.66. The van der Waals surface area contributed by atoms with Crippen LogP contribution in [-0.2, 0) is 11.2 Å². The van der Waals surface area contributed by atoms with Crippen LogP contribution in [-0.4, -0.2) is 24.2 Å². The van der Waals surface area contributed by atoms with Crippen molar-refractivity contribution in [3.63, 3.8) is 0 Å². The Balaban J connectivity index is 2.13. The summed E-state index contributed by atoms with van der Waals surface area (Å²) in [6.45, 7) is 1.94. The minimum Gasteiger partial charge on any atom is -0.481 e. The molecule has 1 aliphatic heterocycles. The molecule has 3 nitrogen and oxygen atoms in total. The van der Waals surface area contributed by atoms with Crippen LogP contribution in [0.4, 0.5) is 10.1 Å². The third kappa shape index (κ3) is 3.00. The first kappa shape index (κ1) is 12.9. The normalized spacial score (nSPS) is 15.1. The summed E-state index contributed by atoms with van der Waals surface area (Å²) >= 11 is 0. The highest BCUT2D eigenvalue weighted by Gasteiger charge is 2.17. The second kappa shape index (κ2) is 5.85. The number of nitrogens with zero attached hydrogens (tertiary/aromatic N) is 1. The number of rotatable bonds is 5. The second-order valence-electron chi connectivity index (χ2n) is 4.68. The van der Waals surface area contributed by atoms with Gasteiger partial charge in [-0.3, -0.25) is 4.79 Å². The van der Waals surface area contributed by atoms with Gasteiger partial charge in [0.25, 0.3) is 0 Å². The van der Waals surface area contributed by atoms with Crippen LogP contribution in [0.2, 0.25) is 0 Å². The molecule has 0 bridgehead atoms. The van der Waals surface area contributed by atoms with E-state index >= 15 is 0 Å². The molecule has 1 aliphatic rings. The van der Waals surface area contributed by atoms with Crippen LogP contribution in [0, 0.1) is 5.82 Å². The molecule has 0 radical (unpaired) electrons. The second-order valence-corrected chi connectivity index (χ2v) is 4.68. The Morgan fingerprint density at radius 3 is 2.72 bits per heavy atom. The molecule has 2 rings (SSSR count). The first-order valence-corrected chi connectivity index (χ1v) is 6.42. The quantitative estimate of drug-likeness (QED) is 0.874. The van der Waals surface area contributed by atoms with Gasteiger partial charge in [0, 0.05) is 30.8 Å². The van der Waals surface area contributed by atoms with Crippen molar-refractivity contribution in [3.8, 4) is 0 Å². The Bertz CT molecular complexity index is 428. The van der Waals surface area contributed by atoms with E-state index in [1.54, 1.807) is 6.07 Å². The number of benzene rings is 1. The molecule has 98 valence electrons. The Morgan fingerprint density at radius 2 is 2.06 bits per heavy atom. The van der Waals surface area contributed by atoms with Gasteiger partial charge >= 0.3 is 5.97 Å². The van der Waals surface area contributed by atoms with Crippen LogP contribution in [0.25, 0.3) is 0 Å². The highest BCUT2D eigenvalue weighted by Crippen LogP contribution is 2.27. The molecule has 0 aromatic heterocycles. The SMILES string of the molecule is O=C(O)CCCc1c(F)cccc1N1CCCC1. The highest BCUT2D eigenvalue weighted by atomic mass is 19.1. The lowest BCUT2D eigenvalue weighted by atomic mass is 10.0. The van der Waals surface area contributed by atoms with E-state index in [4.69, 9.17) is 5.11 Å². The molecule has 0 saturated carbocycles. The van der Waals surface area contributed by atoms with Gasteiger partial charge in [0.2, 0.25) is 0 Å². The summed E-state index contributed by atoms with van der Waals surface area (Å²) in [5, 5.41) is 8.64. The van der Waals surface area contributed by atoms with Gasteiger partial charge in [-0.2, -0.15) is 0 Å². The van der Waals surface area contributed by atoms with Crippen LogP contribution in [0.15, 0.2) is 18.2 Å². The van der Waals surface area contributed by atoms with Gasteiger partial charge in [-0.05, 0) is 37.8 Å². The van der Waals surface area contributed by atoms with E-state index in [1.807, 2.05) is 6.07 Å². The zero-order valence-corrected chi connectivity index (χ0v) is 10.4. The summed E-state index contributed by atoms with van der Waals surface area (Å²) in [7, 11) is 0. The minimum atomic E-state index is -0.825. The number of hydrogen-bond acceptors (Lipinski definition) is 2. The summed E-state index contributed by atoms with van der Waals surface area (Å²) < 4.78 is 13.9. The molecule has 1 saturated heterocycles. The monoisotopic (exact) mass is 251 g/mol. The molecule has 1 aromatic rings. The molecular weight excluding hydrogens is 233 g/mol. The fourth-order valence-corrected chi connectivity index (χ4v) is 2.47. The number of carbonyl (C=O) groups is 1. The first-order chi connectivity index (χ1) is 8.68. The molecule has 0 amide bonds. The number of carboxylic acid groups (broad SMARTS) is 1. The fraction of sp³-hybridized carbons (Fsp3) is 0.500. The van der Waals surface area contributed by atoms with E-state index in [0.717, 1.165) is 31.6 Å². The lowest BCUT2D eigenvalue weighted by molar-refractivity contribution is -0.137. The van der Waals surface area contributed by atoms with E-state index in [-0.39, 0.29) is 12.2 Å². The van der Waals surface area contributed by atoms with Crippen molar-refractivity contribution < 1.29 is 14.3 Å². The number of carboxylic acids is 1. The molecule has 1 heterocycles. The Kier molecular flexibility index (Phi) is 4.18. The maximum Gasteiger partial charge on any atom is 0.303 e.